The molecule has 0 saturated heterocycles. The van der Waals surface area contributed by atoms with Crippen LogP contribution in [0.25, 0.3) is 0 Å². The predicted molar refractivity (Wildman–Crippen MR) is 82.6 cm³/mol. The number of aryl methyl sites for hydroxylation is 1. The van der Waals surface area contributed by atoms with Gasteiger partial charge in [-0.2, -0.15) is 4.98 Å². The quantitative estimate of drug-likeness (QED) is 0.732. The third-order valence-corrected chi connectivity index (χ3v) is 3.41. The first-order chi connectivity index (χ1) is 9.06. The summed E-state index contributed by atoms with van der Waals surface area (Å²) < 4.78 is 0. The lowest BCUT2D eigenvalue weighted by Gasteiger charge is -2.14. The molecule has 0 fully saturated rings. The highest BCUT2D eigenvalue weighted by Crippen LogP contribution is 2.19. The van der Waals surface area contributed by atoms with Gasteiger partial charge in [-0.25, -0.2) is 4.98 Å². The van der Waals surface area contributed by atoms with Crippen LogP contribution in [0.5, 0.6) is 0 Å². The SMILES string of the molecule is CCCCCCCCc1c(C)nc(N(C)C)nc1N. The maximum atomic E-state index is 6.04. The zero-order valence-electron chi connectivity index (χ0n) is 12.9. The van der Waals surface area contributed by atoms with Crippen molar-refractivity contribution in [2.24, 2.45) is 0 Å². The van der Waals surface area contributed by atoms with E-state index in [2.05, 4.69) is 16.9 Å². The van der Waals surface area contributed by atoms with Crippen molar-refractivity contribution < 1.29 is 0 Å². The second-order valence-corrected chi connectivity index (χ2v) is 5.39. The molecule has 0 amide bonds. The number of unbranched alkanes of at least 4 members (excludes halogenated alkanes) is 5. The molecule has 1 rings (SSSR count). The Morgan fingerprint density at radius 2 is 1.63 bits per heavy atom. The van der Waals surface area contributed by atoms with Crippen LogP contribution >= 0.6 is 0 Å². The summed E-state index contributed by atoms with van der Waals surface area (Å²) >= 11 is 0. The highest BCUT2D eigenvalue weighted by atomic mass is 15.2. The number of hydrogen-bond acceptors (Lipinski definition) is 4. The Morgan fingerprint density at radius 1 is 1.00 bits per heavy atom. The Hall–Kier alpha value is -1.32. The van der Waals surface area contributed by atoms with Gasteiger partial charge in [-0.05, 0) is 19.8 Å². The second kappa shape index (κ2) is 7.97. The largest absolute Gasteiger partial charge is 0.383 e. The molecule has 1 aromatic rings. The van der Waals surface area contributed by atoms with Crippen LogP contribution in [0, 0.1) is 6.92 Å². The zero-order chi connectivity index (χ0) is 14.3. The van der Waals surface area contributed by atoms with Crippen LogP contribution in [0.2, 0.25) is 0 Å². The van der Waals surface area contributed by atoms with Crippen LogP contribution in [-0.2, 0) is 6.42 Å². The first kappa shape index (κ1) is 15.7. The van der Waals surface area contributed by atoms with Crippen LogP contribution in [0.4, 0.5) is 11.8 Å². The summed E-state index contributed by atoms with van der Waals surface area (Å²) in [6, 6.07) is 0. The van der Waals surface area contributed by atoms with E-state index in [9.17, 15) is 0 Å². The maximum absolute atomic E-state index is 6.04. The van der Waals surface area contributed by atoms with Gasteiger partial charge in [0.15, 0.2) is 0 Å². The molecule has 0 bridgehead atoms. The highest BCUT2D eigenvalue weighted by Gasteiger charge is 2.09. The summed E-state index contributed by atoms with van der Waals surface area (Å²) in [7, 11) is 3.86. The van der Waals surface area contributed by atoms with Gasteiger partial charge in [0.05, 0.1) is 0 Å². The third kappa shape index (κ3) is 5.05. The molecule has 4 nitrogen and oxygen atoms in total. The van der Waals surface area contributed by atoms with E-state index >= 15 is 0 Å². The van der Waals surface area contributed by atoms with Gasteiger partial charge in [0, 0.05) is 25.4 Å². The Labute approximate surface area is 117 Å². The topological polar surface area (TPSA) is 55.0 Å². The first-order valence-electron chi connectivity index (χ1n) is 7.36. The minimum atomic E-state index is 0.643. The van der Waals surface area contributed by atoms with E-state index in [-0.39, 0.29) is 0 Å². The number of nitrogens with zero attached hydrogens (tertiary/aromatic N) is 3. The predicted octanol–water partition coefficient (Wildman–Crippen LogP) is 3.34. The van der Waals surface area contributed by atoms with Crippen molar-refractivity contribution in [3.63, 3.8) is 0 Å². The van der Waals surface area contributed by atoms with Gasteiger partial charge < -0.3 is 10.6 Å². The number of nitrogens with two attached hydrogens (primary N) is 1. The van der Waals surface area contributed by atoms with Crippen molar-refractivity contribution in [3.05, 3.63) is 11.3 Å². The maximum Gasteiger partial charge on any atom is 0.227 e. The number of aromatic nitrogens is 2. The number of hydrogen-bond donors (Lipinski definition) is 1. The van der Waals surface area contributed by atoms with Crippen molar-refractivity contribution in [3.8, 4) is 0 Å². The average molecular weight is 264 g/mol. The molecule has 0 aromatic carbocycles. The molecule has 0 aliphatic carbocycles. The van der Waals surface area contributed by atoms with E-state index in [1.54, 1.807) is 0 Å². The molecule has 19 heavy (non-hydrogen) atoms. The molecule has 108 valence electrons. The number of nitrogen functional groups attached to an aromatic ring is 1. The Morgan fingerprint density at radius 3 is 2.21 bits per heavy atom. The van der Waals surface area contributed by atoms with E-state index < -0.39 is 0 Å². The molecule has 0 radical (unpaired) electrons. The van der Waals surface area contributed by atoms with Crippen LogP contribution < -0.4 is 10.6 Å². The van der Waals surface area contributed by atoms with Crippen molar-refractivity contribution in [1.82, 2.24) is 9.97 Å². The summed E-state index contributed by atoms with van der Waals surface area (Å²) in [6.07, 6.45) is 8.77. The Bertz CT molecular complexity index is 365. The van der Waals surface area contributed by atoms with Gasteiger partial charge in [0.1, 0.15) is 5.82 Å². The summed E-state index contributed by atoms with van der Waals surface area (Å²) in [6.45, 7) is 4.27. The van der Waals surface area contributed by atoms with Crippen LogP contribution in [0.3, 0.4) is 0 Å². The first-order valence-corrected chi connectivity index (χ1v) is 7.36. The smallest absolute Gasteiger partial charge is 0.227 e. The summed E-state index contributed by atoms with van der Waals surface area (Å²) in [4.78, 5) is 10.7. The van der Waals surface area contributed by atoms with Crippen molar-refractivity contribution in [2.45, 2.75) is 58.8 Å². The average Bonchev–Trinajstić information content (AvgIpc) is 2.35. The van der Waals surface area contributed by atoms with Gasteiger partial charge in [-0.15, -0.1) is 0 Å². The van der Waals surface area contributed by atoms with Gasteiger partial charge in [-0.1, -0.05) is 39.0 Å². The standard InChI is InChI=1S/C15H28N4/c1-5-6-7-8-9-10-11-13-12(2)17-15(19(3)4)18-14(13)16/h5-11H2,1-4H3,(H2,16,17,18). The van der Waals surface area contributed by atoms with E-state index in [0.717, 1.165) is 17.7 Å². The molecule has 1 heterocycles. The van der Waals surface area contributed by atoms with E-state index in [4.69, 9.17) is 5.73 Å². The Kier molecular flexibility index (Phi) is 6.60. The van der Waals surface area contributed by atoms with Gasteiger partial charge in [-0.3, -0.25) is 0 Å². The van der Waals surface area contributed by atoms with Crippen molar-refractivity contribution >= 4 is 11.8 Å². The minimum Gasteiger partial charge on any atom is -0.383 e. The van der Waals surface area contributed by atoms with Crippen LogP contribution in [-0.4, -0.2) is 24.1 Å². The summed E-state index contributed by atoms with van der Waals surface area (Å²) in [5.41, 5.74) is 8.19. The second-order valence-electron chi connectivity index (χ2n) is 5.39. The lowest BCUT2D eigenvalue weighted by atomic mass is 10.0. The molecule has 0 saturated carbocycles. The fourth-order valence-electron chi connectivity index (χ4n) is 2.19. The molecule has 4 heteroatoms. The monoisotopic (exact) mass is 264 g/mol. The normalized spacial score (nSPS) is 10.7. The molecule has 1 aromatic heterocycles. The molecule has 0 aliphatic heterocycles. The van der Waals surface area contributed by atoms with Crippen LogP contribution in [0.15, 0.2) is 0 Å². The highest BCUT2D eigenvalue weighted by molar-refractivity contribution is 5.47. The molecule has 0 aliphatic rings. The summed E-state index contributed by atoms with van der Waals surface area (Å²) in [5.74, 6) is 1.34. The lowest BCUT2D eigenvalue weighted by molar-refractivity contribution is 0.606. The Balaban J connectivity index is 2.50. The molecule has 0 spiro atoms. The third-order valence-electron chi connectivity index (χ3n) is 3.41. The molecule has 0 atom stereocenters. The van der Waals surface area contributed by atoms with Gasteiger partial charge in [0.2, 0.25) is 5.95 Å². The van der Waals surface area contributed by atoms with E-state index in [0.29, 0.717) is 11.8 Å². The molecular weight excluding hydrogens is 236 g/mol. The summed E-state index contributed by atoms with van der Waals surface area (Å²) in [5, 5.41) is 0. The fourth-order valence-corrected chi connectivity index (χ4v) is 2.19. The van der Waals surface area contributed by atoms with Crippen molar-refractivity contribution in [2.75, 3.05) is 24.7 Å². The number of anilines is 2. The van der Waals surface area contributed by atoms with Gasteiger partial charge in [0.25, 0.3) is 0 Å². The van der Waals surface area contributed by atoms with Crippen molar-refractivity contribution in [1.29, 1.82) is 0 Å². The lowest BCUT2D eigenvalue weighted by Crippen LogP contribution is -2.16. The van der Waals surface area contributed by atoms with E-state index in [1.165, 1.54) is 38.5 Å². The molecular formula is C15H28N4. The van der Waals surface area contributed by atoms with Gasteiger partial charge >= 0.3 is 0 Å². The zero-order valence-corrected chi connectivity index (χ0v) is 12.9. The molecule has 2 N–H and O–H groups in total. The van der Waals surface area contributed by atoms with E-state index in [1.807, 2.05) is 25.9 Å². The molecule has 0 unspecified atom stereocenters. The minimum absolute atomic E-state index is 0.643. The number of rotatable bonds is 8. The fraction of sp³-hybridized carbons (Fsp3) is 0.733. The van der Waals surface area contributed by atoms with Crippen LogP contribution in [0.1, 0.15) is 56.7 Å².